The number of methoxy groups -OCH3 is 1. The van der Waals surface area contributed by atoms with Crippen LogP contribution in [0.25, 0.3) is 0 Å². The number of rotatable bonds is 4. The number of ether oxygens (including phenoxy) is 1. The zero-order valence-corrected chi connectivity index (χ0v) is 11.8. The van der Waals surface area contributed by atoms with Gasteiger partial charge in [-0.15, -0.1) is 0 Å². The number of aromatic nitrogens is 2. The fraction of sp³-hybridized carbons (Fsp3) is 0.643. The number of nitrogens with zero attached hydrogens (tertiary/aromatic N) is 2. The third-order valence-corrected chi connectivity index (χ3v) is 3.54. The van der Waals surface area contributed by atoms with Crippen molar-refractivity contribution in [3.8, 4) is 0 Å². The Morgan fingerprint density at radius 3 is 2.74 bits per heavy atom. The summed E-state index contributed by atoms with van der Waals surface area (Å²) in [6, 6.07) is -0.370. The second-order valence-electron chi connectivity index (χ2n) is 5.24. The summed E-state index contributed by atoms with van der Waals surface area (Å²) in [4.78, 5) is 20.4. The zero-order chi connectivity index (χ0) is 13.8. The minimum Gasteiger partial charge on any atom is -0.467 e. The molecule has 2 rings (SSSR count). The van der Waals surface area contributed by atoms with E-state index in [1.54, 1.807) is 6.33 Å². The van der Waals surface area contributed by atoms with Crippen LogP contribution in [0.1, 0.15) is 37.9 Å². The maximum absolute atomic E-state index is 11.8. The summed E-state index contributed by atoms with van der Waals surface area (Å²) in [5.41, 5.74) is 2.26. The minimum atomic E-state index is -0.370. The summed E-state index contributed by atoms with van der Waals surface area (Å²) in [6.07, 6.45) is 5.87. The lowest BCUT2D eigenvalue weighted by Crippen LogP contribution is -2.36. The molecule has 1 unspecified atom stereocenters. The predicted molar refractivity (Wildman–Crippen MR) is 72.9 cm³/mol. The molecule has 0 aliphatic heterocycles. The molecule has 1 aromatic rings. The van der Waals surface area contributed by atoms with Gasteiger partial charge < -0.3 is 10.1 Å². The summed E-state index contributed by atoms with van der Waals surface area (Å²) in [6.45, 7) is 3.98. The lowest BCUT2D eigenvalue weighted by atomic mass is 9.96. The number of fused-ring (bicyclic) bond motifs is 1. The Balaban J connectivity index is 2.24. The molecule has 19 heavy (non-hydrogen) atoms. The van der Waals surface area contributed by atoms with Crippen LogP contribution >= 0.6 is 0 Å². The Kier molecular flexibility index (Phi) is 4.35. The predicted octanol–water partition coefficient (Wildman–Crippen LogP) is 1.96. The van der Waals surface area contributed by atoms with Crippen LogP contribution in [0.4, 0.5) is 5.82 Å². The third-order valence-electron chi connectivity index (χ3n) is 3.54. The Labute approximate surface area is 113 Å². The average Bonchev–Trinajstić information content (AvgIpc) is 2.43. The highest BCUT2D eigenvalue weighted by molar-refractivity contribution is 5.79. The molecule has 0 saturated carbocycles. The minimum absolute atomic E-state index is 0.140. The Hall–Kier alpha value is -1.65. The van der Waals surface area contributed by atoms with E-state index in [9.17, 15) is 4.79 Å². The lowest BCUT2D eigenvalue weighted by Gasteiger charge is -2.24. The van der Waals surface area contributed by atoms with Crippen molar-refractivity contribution in [3.63, 3.8) is 0 Å². The van der Waals surface area contributed by atoms with Crippen molar-refractivity contribution in [2.24, 2.45) is 5.92 Å². The van der Waals surface area contributed by atoms with Gasteiger partial charge in [0.2, 0.25) is 0 Å². The molecule has 0 radical (unpaired) electrons. The molecule has 0 amide bonds. The summed E-state index contributed by atoms with van der Waals surface area (Å²) >= 11 is 0. The maximum Gasteiger partial charge on any atom is 0.328 e. The molecule has 0 spiro atoms. The van der Waals surface area contributed by atoms with Crippen molar-refractivity contribution >= 4 is 11.8 Å². The first kappa shape index (κ1) is 13.8. The van der Waals surface area contributed by atoms with E-state index in [0.29, 0.717) is 0 Å². The van der Waals surface area contributed by atoms with E-state index in [0.717, 1.165) is 36.3 Å². The monoisotopic (exact) mass is 263 g/mol. The van der Waals surface area contributed by atoms with Gasteiger partial charge in [0.1, 0.15) is 18.2 Å². The molecule has 0 saturated heterocycles. The molecule has 1 heterocycles. The normalized spacial score (nSPS) is 15.8. The SMILES string of the molecule is COC(=O)C(Nc1ncnc2c1CCCC2)C(C)C. The standard InChI is InChI=1S/C14H21N3O2/c1-9(2)12(14(18)19-3)17-13-10-6-4-5-7-11(10)15-8-16-13/h8-9,12H,4-7H2,1-3H3,(H,15,16,17). The van der Waals surface area contributed by atoms with Gasteiger partial charge in [0.15, 0.2) is 0 Å². The molecule has 1 N–H and O–H groups in total. The van der Waals surface area contributed by atoms with E-state index >= 15 is 0 Å². The smallest absolute Gasteiger partial charge is 0.328 e. The Morgan fingerprint density at radius 2 is 2.05 bits per heavy atom. The van der Waals surface area contributed by atoms with Gasteiger partial charge in [-0.2, -0.15) is 0 Å². The summed E-state index contributed by atoms with van der Waals surface area (Å²) in [7, 11) is 1.41. The van der Waals surface area contributed by atoms with Gasteiger partial charge in [-0.05, 0) is 31.6 Å². The van der Waals surface area contributed by atoms with Crippen molar-refractivity contribution in [2.45, 2.75) is 45.6 Å². The number of esters is 1. The highest BCUT2D eigenvalue weighted by Gasteiger charge is 2.25. The van der Waals surface area contributed by atoms with Gasteiger partial charge in [0.25, 0.3) is 0 Å². The molecular formula is C14H21N3O2. The van der Waals surface area contributed by atoms with Crippen LogP contribution in [0.5, 0.6) is 0 Å². The number of anilines is 1. The first-order valence-corrected chi connectivity index (χ1v) is 6.80. The fourth-order valence-corrected chi connectivity index (χ4v) is 2.42. The van der Waals surface area contributed by atoms with Crippen molar-refractivity contribution in [1.82, 2.24) is 9.97 Å². The molecule has 1 aliphatic carbocycles. The van der Waals surface area contributed by atoms with Crippen LogP contribution in [0, 0.1) is 5.92 Å². The van der Waals surface area contributed by atoms with Gasteiger partial charge in [-0.25, -0.2) is 14.8 Å². The molecule has 104 valence electrons. The number of hydrogen-bond acceptors (Lipinski definition) is 5. The van der Waals surface area contributed by atoms with Crippen LogP contribution in [0.2, 0.25) is 0 Å². The van der Waals surface area contributed by atoms with E-state index in [1.165, 1.54) is 13.5 Å². The van der Waals surface area contributed by atoms with Gasteiger partial charge in [0.05, 0.1) is 7.11 Å². The topological polar surface area (TPSA) is 64.1 Å². The van der Waals surface area contributed by atoms with Gasteiger partial charge in [0, 0.05) is 11.3 Å². The maximum atomic E-state index is 11.8. The van der Waals surface area contributed by atoms with Gasteiger partial charge in [-0.3, -0.25) is 0 Å². The molecule has 1 atom stereocenters. The second kappa shape index (κ2) is 5.99. The quantitative estimate of drug-likeness (QED) is 0.841. The largest absolute Gasteiger partial charge is 0.467 e. The molecular weight excluding hydrogens is 242 g/mol. The number of carbonyl (C=O) groups is 1. The number of hydrogen-bond donors (Lipinski definition) is 1. The molecule has 0 fully saturated rings. The van der Waals surface area contributed by atoms with Gasteiger partial charge >= 0.3 is 5.97 Å². The molecule has 1 aliphatic rings. The van der Waals surface area contributed by atoms with E-state index in [4.69, 9.17) is 4.74 Å². The highest BCUT2D eigenvalue weighted by Crippen LogP contribution is 2.25. The number of carbonyl (C=O) groups excluding carboxylic acids is 1. The highest BCUT2D eigenvalue weighted by atomic mass is 16.5. The zero-order valence-electron chi connectivity index (χ0n) is 11.8. The average molecular weight is 263 g/mol. The summed E-state index contributed by atoms with van der Waals surface area (Å²) < 4.78 is 4.85. The first-order chi connectivity index (χ1) is 9.13. The first-order valence-electron chi connectivity index (χ1n) is 6.80. The van der Waals surface area contributed by atoms with Crippen molar-refractivity contribution in [3.05, 3.63) is 17.6 Å². The Morgan fingerprint density at radius 1 is 1.32 bits per heavy atom. The molecule has 5 heteroatoms. The van der Waals surface area contributed by atoms with E-state index < -0.39 is 0 Å². The molecule has 0 aromatic carbocycles. The summed E-state index contributed by atoms with van der Waals surface area (Å²) in [5.74, 6) is 0.675. The van der Waals surface area contributed by atoms with Crippen LogP contribution in [0.15, 0.2) is 6.33 Å². The van der Waals surface area contributed by atoms with E-state index in [2.05, 4.69) is 15.3 Å². The van der Waals surface area contributed by atoms with E-state index in [-0.39, 0.29) is 17.9 Å². The lowest BCUT2D eigenvalue weighted by molar-refractivity contribution is -0.142. The molecule has 0 bridgehead atoms. The number of aryl methyl sites for hydroxylation is 1. The molecule has 5 nitrogen and oxygen atoms in total. The van der Waals surface area contributed by atoms with Crippen molar-refractivity contribution in [1.29, 1.82) is 0 Å². The second-order valence-corrected chi connectivity index (χ2v) is 5.24. The fourth-order valence-electron chi connectivity index (χ4n) is 2.42. The Bertz CT molecular complexity index is 460. The summed E-state index contributed by atoms with van der Waals surface area (Å²) in [5, 5.41) is 3.23. The molecule has 1 aromatic heterocycles. The van der Waals surface area contributed by atoms with Gasteiger partial charge in [-0.1, -0.05) is 13.8 Å². The van der Waals surface area contributed by atoms with E-state index in [1.807, 2.05) is 13.8 Å². The van der Waals surface area contributed by atoms with Crippen molar-refractivity contribution < 1.29 is 9.53 Å². The van der Waals surface area contributed by atoms with Crippen LogP contribution < -0.4 is 5.32 Å². The number of nitrogens with one attached hydrogen (secondary N) is 1. The third kappa shape index (κ3) is 3.03. The van der Waals surface area contributed by atoms with Crippen LogP contribution in [-0.4, -0.2) is 29.1 Å². The van der Waals surface area contributed by atoms with Crippen molar-refractivity contribution in [2.75, 3.05) is 12.4 Å². The van der Waals surface area contributed by atoms with Crippen LogP contribution in [-0.2, 0) is 22.4 Å². The van der Waals surface area contributed by atoms with Crippen LogP contribution in [0.3, 0.4) is 0 Å².